The minimum absolute atomic E-state index is 0. The number of carbonyl (C=O) groups excluding carboxylic acids is 2. The van der Waals surface area contributed by atoms with Gasteiger partial charge in [0.15, 0.2) is 11.5 Å². The fourth-order valence-corrected chi connectivity index (χ4v) is 7.41. The number of ether oxygens (including phenoxy) is 3. The summed E-state index contributed by atoms with van der Waals surface area (Å²) in [6.45, 7) is 6.25. The molecule has 5 aromatic rings. The summed E-state index contributed by atoms with van der Waals surface area (Å²) in [6, 6.07) is 29.8. The molecule has 8 rings (SSSR count). The summed E-state index contributed by atoms with van der Waals surface area (Å²) < 4.78 is 19.2. The molecule has 4 heterocycles. The Morgan fingerprint density at radius 2 is 1.48 bits per heavy atom. The van der Waals surface area contributed by atoms with Gasteiger partial charge in [0.1, 0.15) is 5.75 Å². The second kappa shape index (κ2) is 14.7. The van der Waals surface area contributed by atoms with Gasteiger partial charge in [-0.3, -0.25) is 19.4 Å². The van der Waals surface area contributed by atoms with Crippen LogP contribution in [0.5, 0.6) is 17.2 Å². The quantitative estimate of drug-likeness (QED) is 0.199. The van der Waals surface area contributed by atoms with Crippen LogP contribution in [0.15, 0.2) is 97.1 Å². The van der Waals surface area contributed by atoms with Crippen molar-refractivity contribution in [2.45, 2.75) is 25.9 Å². The zero-order valence-corrected chi connectivity index (χ0v) is 30.0. The summed E-state index contributed by atoms with van der Waals surface area (Å²) in [6.07, 6.45) is 0.758. The van der Waals surface area contributed by atoms with Crippen LogP contribution in [0, 0.1) is 6.92 Å². The Morgan fingerprint density at radius 1 is 0.827 bits per heavy atom. The predicted molar refractivity (Wildman–Crippen MR) is 201 cm³/mol. The average Bonchev–Trinajstić information content (AvgIpc) is 3.75. The first-order valence-corrected chi connectivity index (χ1v) is 17.3. The van der Waals surface area contributed by atoms with Crippen LogP contribution in [0.2, 0.25) is 0 Å². The number of nitrogens with zero attached hydrogens (tertiary/aromatic N) is 4. The Balaban J connectivity index is 0.00000420. The number of hydrogen-bond acceptors (Lipinski definition) is 7. The molecule has 1 N–H and O–H groups in total. The van der Waals surface area contributed by atoms with Gasteiger partial charge in [-0.15, -0.1) is 12.4 Å². The van der Waals surface area contributed by atoms with Crippen molar-refractivity contribution in [2.75, 3.05) is 44.5 Å². The summed E-state index contributed by atoms with van der Waals surface area (Å²) in [7, 11) is 1.91. The first-order chi connectivity index (χ1) is 24.9. The third-order valence-corrected chi connectivity index (χ3v) is 10.3. The van der Waals surface area contributed by atoms with E-state index in [1.54, 1.807) is 35.2 Å². The Kier molecular flexibility index (Phi) is 9.96. The van der Waals surface area contributed by atoms with Gasteiger partial charge in [-0.05, 0) is 79.1 Å². The first-order valence-electron chi connectivity index (χ1n) is 17.3. The topological polar surface area (TPSA) is 96.7 Å². The number of hydrogen-bond donors (Lipinski definition) is 1. The van der Waals surface area contributed by atoms with E-state index in [-0.39, 0.29) is 42.8 Å². The zero-order valence-electron chi connectivity index (χ0n) is 29.2. The molecule has 3 aliphatic heterocycles. The molecule has 11 heteroatoms. The minimum atomic E-state index is -0.238. The van der Waals surface area contributed by atoms with Crippen LogP contribution in [-0.2, 0) is 24.8 Å². The largest absolute Gasteiger partial charge is 0.508 e. The Labute approximate surface area is 309 Å². The third kappa shape index (κ3) is 6.61. The van der Waals surface area contributed by atoms with E-state index in [0.29, 0.717) is 65.0 Å². The van der Waals surface area contributed by atoms with Gasteiger partial charge < -0.3 is 28.8 Å². The van der Waals surface area contributed by atoms with Crippen molar-refractivity contribution in [3.63, 3.8) is 0 Å². The van der Waals surface area contributed by atoms with Gasteiger partial charge in [0.2, 0.25) is 6.79 Å². The van der Waals surface area contributed by atoms with Crippen molar-refractivity contribution in [3.05, 3.63) is 125 Å². The maximum absolute atomic E-state index is 15.0. The molecule has 0 bridgehead atoms. The molecule has 4 aromatic carbocycles. The number of aromatic nitrogens is 1. The van der Waals surface area contributed by atoms with Crippen LogP contribution < -0.4 is 14.4 Å². The van der Waals surface area contributed by atoms with E-state index in [2.05, 4.69) is 23.1 Å². The van der Waals surface area contributed by atoms with Crippen LogP contribution in [0.3, 0.4) is 0 Å². The predicted octanol–water partition coefficient (Wildman–Crippen LogP) is 6.73. The molecule has 1 fully saturated rings. The van der Waals surface area contributed by atoms with Gasteiger partial charge in [0.05, 0.1) is 24.3 Å². The molecule has 0 spiro atoms. The fraction of sp³-hybridized carbons (Fsp3) is 0.268. The summed E-state index contributed by atoms with van der Waals surface area (Å²) in [5.41, 5.74) is 6.79. The Morgan fingerprint density at radius 3 is 2.21 bits per heavy atom. The molecular formula is C41H41ClN4O6. The van der Waals surface area contributed by atoms with E-state index in [1.165, 1.54) is 5.56 Å². The molecule has 3 aliphatic rings. The number of rotatable bonds is 7. The average molecular weight is 721 g/mol. The van der Waals surface area contributed by atoms with Gasteiger partial charge in [-0.2, -0.15) is 0 Å². The molecule has 10 nitrogen and oxygen atoms in total. The lowest BCUT2D eigenvalue weighted by molar-refractivity contribution is 0.0193. The molecule has 2 amide bonds. The highest BCUT2D eigenvalue weighted by Gasteiger charge is 2.35. The maximum Gasteiger partial charge on any atom is 0.264 e. The molecule has 0 unspecified atom stereocenters. The van der Waals surface area contributed by atoms with Crippen molar-refractivity contribution < 1.29 is 28.9 Å². The molecule has 268 valence electrons. The van der Waals surface area contributed by atoms with E-state index in [0.717, 1.165) is 37.3 Å². The van der Waals surface area contributed by atoms with E-state index in [4.69, 9.17) is 14.2 Å². The fourth-order valence-electron chi connectivity index (χ4n) is 7.41. The summed E-state index contributed by atoms with van der Waals surface area (Å²) in [5.74, 6) is 0.851. The number of morpholine rings is 1. The molecular weight excluding hydrogens is 680 g/mol. The molecule has 1 saturated heterocycles. The molecule has 0 aliphatic carbocycles. The second-order valence-electron chi connectivity index (χ2n) is 13.3. The number of phenolic OH excluding ortho intramolecular Hbond substituents is 1. The molecule has 0 radical (unpaired) electrons. The lowest BCUT2D eigenvalue weighted by Gasteiger charge is -2.40. The van der Waals surface area contributed by atoms with Gasteiger partial charge >= 0.3 is 0 Å². The number of aromatic hydroxyl groups is 1. The van der Waals surface area contributed by atoms with E-state index in [1.807, 2.05) is 72.0 Å². The van der Waals surface area contributed by atoms with Crippen LogP contribution in [0.4, 0.5) is 11.4 Å². The highest BCUT2D eigenvalue weighted by Crippen LogP contribution is 2.41. The van der Waals surface area contributed by atoms with Crippen molar-refractivity contribution in [1.82, 2.24) is 14.4 Å². The maximum atomic E-state index is 15.0. The number of carbonyl (C=O) groups is 2. The molecule has 1 aromatic heterocycles. The number of anilines is 2. The van der Waals surface area contributed by atoms with Crippen LogP contribution >= 0.6 is 12.4 Å². The van der Waals surface area contributed by atoms with Gasteiger partial charge in [-0.25, -0.2) is 0 Å². The van der Waals surface area contributed by atoms with Crippen molar-refractivity contribution in [2.24, 2.45) is 7.05 Å². The van der Waals surface area contributed by atoms with Gasteiger partial charge in [0.25, 0.3) is 11.8 Å². The Hall–Kier alpha value is -5.29. The highest BCUT2D eigenvalue weighted by molar-refractivity contribution is 6.12. The molecule has 52 heavy (non-hydrogen) atoms. The number of fused-ring (bicyclic) bond motifs is 2. The zero-order chi connectivity index (χ0) is 35.1. The number of para-hydroxylation sites is 1. The van der Waals surface area contributed by atoms with E-state index in [9.17, 15) is 14.7 Å². The van der Waals surface area contributed by atoms with Crippen molar-refractivity contribution in [1.29, 1.82) is 0 Å². The SMILES string of the molecule is Cc1c(C(=O)N(c2ccccc2)c2ccc(O)cc2)cc(-c2cc3c(cc2C(=O)N2Cc4ccccc4C[C@H]2CN2CCOCC2)OCO3)n1C.Cl. The smallest absolute Gasteiger partial charge is 0.264 e. The standard InChI is InChI=1S/C41H40N4O6.ClH/c1-27-34(41(48)45(30-10-4-3-5-11-30)31-12-14-33(46)15-13-31)21-37(42(27)2)35-22-38-39(51-26-50-38)23-36(35)40(47)44-24-29-9-7-6-8-28(29)20-32(44)25-43-16-18-49-19-17-43;/h3-15,21-23,32,46H,16-20,24-26H2,1-2H3;1H/t32-;/m0./s1. The number of amides is 2. The summed E-state index contributed by atoms with van der Waals surface area (Å²) in [4.78, 5) is 35.6. The lowest BCUT2D eigenvalue weighted by atomic mass is 9.92. The molecule has 1 atom stereocenters. The highest BCUT2D eigenvalue weighted by atomic mass is 35.5. The third-order valence-electron chi connectivity index (χ3n) is 10.3. The normalized spacial score (nSPS) is 16.6. The van der Waals surface area contributed by atoms with Crippen LogP contribution in [0.25, 0.3) is 11.3 Å². The van der Waals surface area contributed by atoms with Gasteiger partial charge in [0, 0.05) is 67.6 Å². The lowest BCUT2D eigenvalue weighted by Crippen LogP contribution is -2.52. The van der Waals surface area contributed by atoms with E-state index < -0.39 is 0 Å². The molecule has 0 saturated carbocycles. The summed E-state index contributed by atoms with van der Waals surface area (Å²) in [5, 5.41) is 9.99. The van der Waals surface area contributed by atoms with Gasteiger partial charge in [-0.1, -0.05) is 42.5 Å². The second-order valence-corrected chi connectivity index (χ2v) is 13.3. The van der Waals surface area contributed by atoms with Crippen LogP contribution in [-0.4, -0.2) is 77.0 Å². The number of benzene rings is 4. The monoisotopic (exact) mass is 720 g/mol. The summed E-state index contributed by atoms with van der Waals surface area (Å²) >= 11 is 0. The minimum Gasteiger partial charge on any atom is -0.508 e. The number of halogens is 1. The Bertz CT molecular complexity index is 2090. The van der Waals surface area contributed by atoms with Crippen LogP contribution in [0.1, 0.15) is 37.5 Å². The van der Waals surface area contributed by atoms with E-state index >= 15 is 0 Å². The number of phenols is 1. The first kappa shape index (κ1) is 35.1. The van der Waals surface area contributed by atoms with Crippen molar-refractivity contribution >= 4 is 35.6 Å². The van der Waals surface area contributed by atoms with Crippen molar-refractivity contribution in [3.8, 4) is 28.5 Å².